The topological polar surface area (TPSA) is 64.3 Å². The third-order valence-electron chi connectivity index (χ3n) is 2.95. The number of hydrogen-bond donors (Lipinski definition) is 2. The van der Waals surface area contributed by atoms with Crippen LogP contribution in [0.5, 0.6) is 5.75 Å². The van der Waals surface area contributed by atoms with E-state index >= 15 is 0 Å². The van der Waals surface area contributed by atoms with E-state index in [0.29, 0.717) is 11.3 Å². The molecule has 0 saturated heterocycles. The number of thiocarbonyl (C=S) groups is 1. The van der Waals surface area contributed by atoms with Gasteiger partial charge >= 0.3 is 0 Å². The largest absolute Gasteiger partial charge is 0.483 e. The Hall–Kier alpha value is -1.62. The Balaban J connectivity index is 1.93. The predicted molar refractivity (Wildman–Crippen MR) is 73.6 cm³/mol. The summed E-state index contributed by atoms with van der Waals surface area (Å²) in [5.41, 5.74) is 6.21. The summed E-state index contributed by atoms with van der Waals surface area (Å²) in [4.78, 5) is 11.9. The molecule has 0 unspecified atom stereocenters. The molecule has 18 heavy (non-hydrogen) atoms. The van der Waals surface area contributed by atoms with Crippen LogP contribution in [0.2, 0.25) is 0 Å². The number of hydrogen-bond acceptors (Lipinski definition) is 3. The number of carbonyl (C=O) groups is 1. The van der Waals surface area contributed by atoms with Crippen LogP contribution in [0.1, 0.15) is 25.3 Å². The lowest BCUT2D eigenvalue weighted by atomic mass is 10.2. The minimum absolute atomic E-state index is 0.0186. The molecular formula is C13H16N2O2S. The maximum atomic E-state index is 11.7. The Morgan fingerprint density at radius 2 is 2.17 bits per heavy atom. The molecule has 1 aromatic carbocycles. The molecule has 0 radical (unpaired) electrons. The highest BCUT2D eigenvalue weighted by Crippen LogP contribution is 2.34. The summed E-state index contributed by atoms with van der Waals surface area (Å²) in [6.45, 7) is 2.00. The maximum absolute atomic E-state index is 11.7. The molecule has 1 aliphatic rings. The van der Waals surface area contributed by atoms with Gasteiger partial charge in [0.2, 0.25) is 0 Å². The van der Waals surface area contributed by atoms with Crippen LogP contribution in [0.4, 0.5) is 0 Å². The number of carbonyl (C=O) groups excluding carboxylic acids is 1. The Morgan fingerprint density at radius 1 is 1.50 bits per heavy atom. The second kappa shape index (κ2) is 4.94. The summed E-state index contributed by atoms with van der Waals surface area (Å²) in [6.07, 6.45) is 2.06. The number of nitrogens with one attached hydrogen (secondary N) is 1. The van der Waals surface area contributed by atoms with E-state index in [1.165, 1.54) is 0 Å². The molecule has 1 saturated carbocycles. The van der Waals surface area contributed by atoms with Gasteiger partial charge in [0, 0.05) is 5.54 Å². The summed E-state index contributed by atoms with van der Waals surface area (Å²) < 4.78 is 5.45. The summed E-state index contributed by atoms with van der Waals surface area (Å²) in [5, 5.41) is 2.92. The Bertz CT molecular complexity index is 484. The van der Waals surface area contributed by atoms with Crippen molar-refractivity contribution < 1.29 is 9.53 Å². The molecule has 0 heterocycles. The van der Waals surface area contributed by atoms with E-state index < -0.39 is 0 Å². The fraction of sp³-hybridized carbons (Fsp3) is 0.385. The van der Waals surface area contributed by atoms with Crippen LogP contribution in [-0.2, 0) is 4.79 Å². The summed E-state index contributed by atoms with van der Waals surface area (Å²) >= 11 is 4.92. The third-order valence-corrected chi connectivity index (χ3v) is 3.17. The second-order valence-electron chi connectivity index (χ2n) is 4.76. The van der Waals surface area contributed by atoms with Gasteiger partial charge in [0.15, 0.2) is 6.61 Å². The summed E-state index contributed by atoms with van der Waals surface area (Å²) in [6, 6.07) is 7.17. The zero-order chi connectivity index (χ0) is 13.2. The van der Waals surface area contributed by atoms with Crippen molar-refractivity contribution in [1.82, 2.24) is 5.32 Å². The Kier molecular flexibility index (Phi) is 3.52. The van der Waals surface area contributed by atoms with Gasteiger partial charge < -0.3 is 15.8 Å². The van der Waals surface area contributed by atoms with Crippen LogP contribution in [0, 0.1) is 0 Å². The van der Waals surface area contributed by atoms with Crippen molar-refractivity contribution in [3.63, 3.8) is 0 Å². The minimum atomic E-state index is -0.118. The molecule has 1 aliphatic carbocycles. The molecule has 0 spiro atoms. The van der Waals surface area contributed by atoms with Crippen LogP contribution in [-0.4, -0.2) is 23.0 Å². The molecule has 5 heteroatoms. The Labute approximate surface area is 112 Å². The van der Waals surface area contributed by atoms with Crippen molar-refractivity contribution in [1.29, 1.82) is 0 Å². The number of para-hydroxylation sites is 1. The van der Waals surface area contributed by atoms with Crippen molar-refractivity contribution in [3.05, 3.63) is 29.8 Å². The molecule has 96 valence electrons. The van der Waals surface area contributed by atoms with Crippen molar-refractivity contribution in [3.8, 4) is 5.75 Å². The first kappa shape index (κ1) is 12.8. The summed E-state index contributed by atoms with van der Waals surface area (Å²) in [5.74, 6) is 0.425. The van der Waals surface area contributed by atoms with Crippen molar-refractivity contribution in [2.45, 2.75) is 25.3 Å². The number of benzene rings is 1. The molecule has 3 N–H and O–H groups in total. The fourth-order valence-electron chi connectivity index (χ4n) is 1.62. The first-order valence-electron chi connectivity index (χ1n) is 5.83. The van der Waals surface area contributed by atoms with Gasteiger partial charge in [-0.3, -0.25) is 4.79 Å². The van der Waals surface area contributed by atoms with Crippen LogP contribution in [0.25, 0.3) is 0 Å². The van der Waals surface area contributed by atoms with E-state index in [4.69, 9.17) is 22.7 Å². The molecule has 0 atom stereocenters. The average Bonchev–Trinajstić information content (AvgIpc) is 3.04. The van der Waals surface area contributed by atoms with E-state index in [0.717, 1.165) is 12.8 Å². The smallest absolute Gasteiger partial charge is 0.258 e. The van der Waals surface area contributed by atoms with Crippen LogP contribution < -0.4 is 15.8 Å². The van der Waals surface area contributed by atoms with Crippen molar-refractivity contribution in [2.24, 2.45) is 5.73 Å². The Morgan fingerprint density at radius 3 is 2.78 bits per heavy atom. The minimum Gasteiger partial charge on any atom is -0.483 e. The van der Waals surface area contributed by atoms with E-state index in [1.807, 2.05) is 19.1 Å². The third kappa shape index (κ3) is 3.20. The number of amides is 1. The summed E-state index contributed by atoms with van der Waals surface area (Å²) in [7, 11) is 0. The molecule has 1 amide bonds. The molecule has 1 aromatic rings. The first-order valence-corrected chi connectivity index (χ1v) is 6.24. The zero-order valence-corrected chi connectivity index (χ0v) is 11.0. The van der Waals surface area contributed by atoms with Gasteiger partial charge in [-0.2, -0.15) is 0 Å². The van der Waals surface area contributed by atoms with E-state index in [2.05, 4.69) is 5.32 Å². The van der Waals surface area contributed by atoms with E-state index in [-0.39, 0.29) is 23.0 Å². The van der Waals surface area contributed by atoms with Gasteiger partial charge in [0.25, 0.3) is 5.91 Å². The number of nitrogens with two attached hydrogens (primary N) is 1. The highest BCUT2D eigenvalue weighted by molar-refractivity contribution is 7.80. The number of rotatable bonds is 5. The number of ether oxygens (including phenoxy) is 1. The molecule has 0 bridgehead atoms. The fourth-order valence-corrected chi connectivity index (χ4v) is 1.79. The quantitative estimate of drug-likeness (QED) is 0.788. The standard InChI is InChI=1S/C13H16N2O2S/c1-13(6-7-13)15-11(16)8-17-10-5-3-2-4-9(10)12(14)18/h2-5H,6-8H2,1H3,(H2,14,18)(H,15,16). The lowest BCUT2D eigenvalue weighted by Crippen LogP contribution is -2.37. The van der Waals surface area contributed by atoms with Gasteiger partial charge in [-0.15, -0.1) is 0 Å². The highest BCUT2D eigenvalue weighted by atomic mass is 32.1. The van der Waals surface area contributed by atoms with Gasteiger partial charge in [-0.25, -0.2) is 0 Å². The predicted octanol–water partition coefficient (Wildman–Crippen LogP) is 1.37. The molecule has 4 nitrogen and oxygen atoms in total. The van der Waals surface area contributed by atoms with E-state index in [1.54, 1.807) is 12.1 Å². The zero-order valence-electron chi connectivity index (χ0n) is 10.2. The van der Waals surface area contributed by atoms with Gasteiger partial charge in [0.1, 0.15) is 10.7 Å². The first-order chi connectivity index (χ1) is 8.50. The van der Waals surface area contributed by atoms with Gasteiger partial charge in [-0.05, 0) is 31.9 Å². The van der Waals surface area contributed by atoms with Crippen molar-refractivity contribution >= 4 is 23.1 Å². The lowest BCUT2D eigenvalue weighted by Gasteiger charge is -2.13. The maximum Gasteiger partial charge on any atom is 0.258 e. The molecule has 0 aromatic heterocycles. The van der Waals surface area contributed by atoms with Crippen LogP contribution >= 0.6 is 12.2 Å². The lowest BCUT2D eigenvalue weighted by molar-refractivity contribution is -0.123. The highest BCUT2D eigenvalue weighted by Gasteiger charge is 2.38. The molecular weight excluding hydrogens is 248 g/mol. The van der Waals surface area contributed by atoms with Gasteiger partial charge in [-0.1, -0.05) is 24.4 Å². The van der Waals surface area contributed by atoms with Crippen LogP contribution in [0.3, 0.4) is 0 Å². The molecule has 1 fully saturated rings. The molecule has 2 rings (SSSR count). The monoisotopic (exact) mass is 264 g/mol. The van der Waals surface area contributed by atoms with Crippen LogP contribution in [0.15, 0.2) is 24.3 Å². The molecule has 0 aliphatic heterocycles. The average molecular weight is 264 g/mol. The normalized spacial score (nSPS) is 15.8. The van der Waals surface area contributed by atoms with Crippen molar-refractivity contribution in [2.75, 3.05) is 6.61 Å². The second-order valence-corrected chi connectivity index (χ2v) is 5.20. The van der Waals surface area contributed by atoms with Gasteiger partial charge in [0.05, 0.1) is 5.56 Å². The van der Waals surface area contributed by atoms with E-state index in [9.17, 15) is 4.79 Å². The SMILES string of the molecule is CC1(NC(=O)COc2ccccc2C(N)=S)CC1.